The molecule has 0 unspecified atom stereocenters. The minimum atomic E-state index is -3.82. The number of anilines is 2. The summed E-state index contributed by atoms with van der Waals surface area (Å²) in [6.07, 6.45) is 1.64. The second-order valence-electron chi connectivity index (χ2n) is 7.12. The Morgan fingerprint density at radius 3 is 2.71 bits per heavy atom. The van der Waals surface area contributed by atoms with E-state index in [1.165, 1.54) is 12.1 Å². The van der Waals surface area contributed by atoms with E-state index in [9.17, 15) is 13.2 Å². The monoisotopic (exact) mass is 420 g/mol. The van der Waals surface area contributed by atoms with Gasteiger partial charge in [-0.25, -0.2) is 8.42 Å². The Balaban J connectivity index is 1.96. The van der Waals surface area contributed by atoms with E-state index in [1.807, 2.05) is 0 Å². The van der Waals surface area contributed by atoms with Crippen molar-refractivity contribution < 1.29 is 17.9 Å². The third-order valence-electron chi connectivity index (χ3n) is 4.33. The van der Waals surface area contributed by atoms with Crippen LogP contribution in [0.1, 0.15) is 13.8 Å². The highest BCUT2D eigenvalue weighted by Crippen LogP contribution is 2.38. The van der Waals surface area contributed by atoms with Crippen LogP contribution in [0, 0.1) is 5.41 Å². The smallest absolute Gasteiger partial charge is 0.261 e. The van der Waals surface area contributed by atoms with Crippen LogP contribution in [0.2, 0.25) is 5.02 Å². The van der Waals surface area contributed by atoms with E-state index in [0.717, 1.165) is 0 Å². The molecule has 1 heterocycles. The molecular weight excluding hydrogens is 400 g/mol. The van der Waals surface area contributed by atoms with E-state index in [2.05, 4.69) is 11.3 Å². The fourth-order valence-electron chi connectivity index (χ4n) is 2.87. The molecule has 0 aromatic heterocycles. The molecular formula is C20H21ClN2O4S. The maximum absolute atomic E-state index is 12.8. The minimum absolute atomic E-state index is 0.0560. The van der Waals surface area contributed by atoms with Gasteiger partial charge in [0.1, 0.15) is 12.4 Å². The van der Waals surface area contributed by atoms with E-state index in [-0.39, 0.29) is 17.4 Å². The lowest BCUT2D eigenvalue weighted by Gasteiger charge is -2.27. The van der Waals surface area contributed by atoms with Crippen LogP contribution in [-0.2, 0) is 14.8 Å². The number of sulfonamides is 1. The molecule has 0 atom stereocenters. The highest BCUT2D eigenvalue weighted by atomic mass is 35.5. The van der Waals surface area contributed by atoms with E-state index < -0.39 is 15.4 Å². The molecule has 0 fully saturated rings. The Morgan fingerprint density at radius 1 is 1.29 bits per heavy atom. The fourth-order valence-corrected chi connectivity index (χ4v) is 4.22. The molecule has 0 bridgehead atoms. The van der Waals surface area contributed by atoms with Crippen LogP contribution in [-0.4, -0.2) is 27.5 Å². The molecule has 0 radical (unpaired) electrons. The first kappa shape index (κ1) is 20.2. The van der Waals surface area contributed by atoms with Crippen molar-refractivity contribution in [3.05, 3.63) is 60.1 Å². The predicted molar refractivity (Wildman–Crippen MR) is 111 cm³/mol. The zero-order valence-corrected chi connectivity index (χ0v) is 17.2. The quantitative estimate of drug-likeness (QED) is 0.739. The predicted octanol–water partition coefficient (Wildman–Crippen LogP) is 4.08. The number of carbonyl (C=O) groups is 1. The molecule has 0 spiro atoms. The van der Waals surface area contributed by atoms with Gasteiger partial charge in [-0.1, -0.05) is 23.7 Å². The molecule has 1 amide bonds. The largest absolute Gasteiger partial charge is 0.490 e. The number of amides is 1. The van der Waals surface area contributed by atoms with Gasteiger partial charge < -0.3 is 9.64 Å². The number of hydrogen-bond acceptors (Lipinski definition) is 4. The average Bonchev–Trinajstić information content (AvgIpc) is 2.72. The summed E-state index contributed by atoms with van der Waals surface area (Å²) in [7, 11) is -3.82. The zero-order valence-electron chi connectivity index (χ0n) is 15.6. The second kappa shape index (κ2) is 7.48. The van der Waals surface area contributed by atoms with Crippen molar-refractivity contribution in [3.8, 4) is 5.75 Å². The molecule has 0 saturated carbocycles. The van der Waals surface area contributed by atoms with Gasteiger partial charge in [0.05, 0.1) is 21.7 Å². The summed E-state index contributed by atoms with van der Waals surface area (Å²) in [6.45, 7) is 7.82. The van der Waals surface area contributed by atoms with Gasteiger partial charge in [-0.15, -0.1) is 6.58 Å². The highest BCUT2D eigenvalue weighted by molar-refractivity contribution is 7.92. The van der Waals surface area contributed by atoms with Crippen LogP contribution in [0.5, 0.6) is 5.75 Å². The Labute approximate surface area is 169 Å². The van der Waals surface area contributed by atoms with E-state index >= 15 is 0 Å². The number of benzene rings is 2. The normalized spacial score (nSPS) is 16.0. The number of fused-ring (bicyclic) bond motifs is 1. The first-order valence-electron chi connectivity index (χ1n) is 8.62. The SMILES string of the molecule is C=CCN1C(=O)C(C)(C)COc2cc(NS(=O)(=O)c3cccc(Cl)c3)ccc21. The van der Waals surface area contributed by atoms with Crippen molar-refractivity contribution in [1.82, 2.24) is 0 Å². The molecule has 2 aromatic rings. The van der Waals surface area contributed by atoms with Crippen molar-refractivity contribution in [3.63, 3.8) is 0 Å². The number of rotatable bonds is 5. The molecule has 148 valence electrons. The maximum atomic E-state index is 12.8. The molecule has 2 aromatic carbocycles. The van der Waals surface area contributed by atoms with E-state index in [4.69, 9.17) is 16.3 Å². The molecule has 1 aliphatic heterocycles. The Kier molecular flexibility index (Phi) is 5.41. The molecule has 0 aliphatic carbocycles. The topological polar surface area (TPSA) is 75.7 Å². The summed E-state index contributed by atoms with van der Waals surface area (Å²) in [5.74, 6) is 0.338. The van der Waals surface area contributed by atoms with Gasteiger partial charge in [-0.3, -0.25) is 9.52 Å². The molecule has 0 saturated heterocycles. The van der Waals surface area contributed by atoms with Gasteiger partial charge in [0.2, 0.25) is 5.91 Å². The minimum Gasteiger partial charge on any atom is -0.490 e. The van der Waals surface area contributed by atoms with Crippen molar-refractivity contribution >= 4 is 38.9 Å². The third-order valence-corrected chi connectivity index (χ3v) is 5.95. The molecule has 6 nitrogen and oxygen atoms in total. The van der Waals surface area contributed by atoms with Crippen LogP contribution in [0.25, 0.3) is 0 Å². The van der Waals surface area contributed by atoms with Crippen molar-refractivity contribution in [2.45, 2.75) is 18.7 Å². The van der Waals surface area contributed by atoms with Crippen LogP contribution in [0.15, 0.2) is 60.0 Å². The molecule has 3 rings (SSSR count). The number of halogens is 1. The van der Waals surface area contributed by atoms with Gasteiger partial charge in [0.15, 0.2) is 0 Å². The number of carbonyl (C=O) groups excluding carboxylic acids is 1. The van der Waals surface area contributed by atoms with Gasteiger partial charge in [0, 0.05) is 17.6 Å². The van der Waals surface area contributed by atoms with Crippen LogP contribution in [0.3, 0.4) is 0 Å². The lowest BCUT2D eigenvalue weighted by Crippen LogP contribution is -2.42. The summed E-state index contributed by atoms with van der Waals surface area (Å²) in [4.78, 5) is 14.5. The van der Waals surface area contributed by atoms with Crippen LogP contribution in [0.4, 0.5) is 11.4 Å². The summed E-state index contributed by atoms with van der Waals surface area (Å²) >= 11 is 5.90. The average molecular weight is 421 g/mol. The van der Waals surface area contributed by atoms with E-state index in [1.54, 1.807) is 55.2 Å². The lowest BCUT2D eigenvalue weighted by molar-refractivity contribution is -0.127. The fraction of sp³-hybridized carbons (Fsp3) is 0.250. The Bertz CT molecular complexity index is 1030. The number of nitrogens with one attached hydrogen (secondary N) is 1. The lowest BCUT2D eigenvalue weighted by atomic mass is 9.93. The summed E-state index contributed by atoms with van der Waals surface area (Å²) < 4.78 is 33.6. The number of nitrogens with zero attached hydrogens (tertiary/aromatic N) is 1. The number of hydrogen-bond donors (Lipinski definition) is 1. The van der Waals surface area contributed by atoms with Crippen LogP contribution < -0.4 is 14.4 Å². The number of ether oxygens (including phenoxy) is 1. The van der Waals surface area contributed by atoms with E-state index in [0.29, 0.717) is 28.7 Å². The summed E-state index contributed by atoms with van der Waals surface area (Å²) in [5.41, 5.74) is 0.174. The second-order valence-corrected chi connectivity index (χ2v) is 9.24. The van der Waals surface area contributed by atoms with Crippen molar-refractivity contribution in [2.75, 3.05) is 22.8 Å². The Hall–Kier alpha value is -2.51. The first-order valence-corrected chi connectivity index (χ1v) is 10.5. The van der Waals surface area contributed by atoms with Crippen molar-refractivity contribution in [1.29, 1.82) is 0 Å². The van der Waals surface area contributed by atoms with Gasteiger partial charge in [-0.05, 0) is 44.2 Å². The third kappa shape index (κ3) is 4.00. The highest BCUT2D eigenvalue weighted by Gasteiger charge is 2.37. The molecule has 1 aliphatic rings. The van der Waals surface area contributed by atoms with Crippen molar-refractivity contribution in [2.24, 2.45) is 5.41 Å². The zero-order chi connectivity index (χ0) is 20.5. The Morgan fingerprint density at radius 2 is 2.04 bits per heavy atom. The van der Waals surface area contributed by atoms with Crippen LogP contribution >= 0.6 is 11.6 Å². The molecule has 8 heteroatoms. The molecule has 28 heavy (non-hydrogen) atoms. The van der Waals surface area contributed by atoms with Gasteiger partial charge >= 0.3 is 0 Å². The first-order chi connectivity index (χ1) is 13.1. The molecule has 1 N–H and O–H groups in total. The van der Waals surface area contributed by atoms with Gasteiger partial charge in [0.25, 0.3) is 10.0 Å². The standard InChI is InChI=1S/C20H21ClN2O4S/c1-4-10-23-17-9-8-15(12-18(17)27-13-20(2,3)19(23)24)22-28(25,26)16-7-5-6-14(21)11-16/h4-9,11-12,22H,1,10,13H2,2-3H3. The summed E-state index contributed by atoms with van der Waals surface area (Å²) in [5, 5.41) is 0.328. The maximum Gasteiger partial charge on any atom is 0.261 e. The van der Waals surface area contributed by atoms with Gasteiger partial charge in [-0.2, -0.15) is 0 Å². The summed E-state index contributed by atoms with van der Waals surface area (Å²) in [6, 6.07) is 10.8.